The lowest BCUT2D eigenvalue weighted by Gasteiger charge is -2.13. The highest BCUT2D eigenvalue weighted by atomic mass is 14.1. The van der Waals surface area contributed by atoms with Gasteiger partial charge in [0.05, 0.1) is 0 Å². The molecule has 0 saturated heterocycles. The predicted molar refractivity (Wildman–Crippen MR) is 62.6 cm³/mol. The summed E-state index contributed by atoms with van der Waals surface area (Å²) < 4.78 is 0. The third kappa shape index (κ3) is 1.50. The molecule has 0 aliphatic heterocycles. The molecule has 0 radical (unpaired) electrons. The van der Waals surface area contributed by atoms with E-state index in [1.807, 2.05) is 0 Å². The molecule has 0 aromatic heterocycles. The summed E-state index contributed by atoms with van der Waals surface area (Å²) in [6.45, 7) is 6.83. The standard InChI is InChI=1S/C14H18/c1-10(2)13-9-5-8-12-7-4-6-11(3)14(12)13/h5,7-10H,4,6H2,1-3H3. The Kier molecular flexibility index (Phi) is 2.45. The van der Waals surface area contributed by atoms with E-state index in [1.54, 1.807) is 5.57 Å². The van der Waals surface area contributed by atoms with E-state index < -0.39 is 0 Å². The van der Waals surface area contributed by atoms with Gasteiger partial charge in [0, 0.05) is 0 Å². The van der Waals surface area contributed by atoms with E-state index in [4.69, 9.17) is 0 Å². The maximum absolute atomic E-state index is 2.37. The molecule has 0 unspecified atom stereocenters. The van der Waals surface area contributed by atoms with Crippen LogP contribution in [0, 0.1) is 0 Å². The molecule has 0 fully saturated rings. The quantitative estimate of drug-likeness (QED) is 0.632. The van der Waals surface area contributed by atoms with E-state index in [9.17, 15) is 0 Å². The average molecular weight is 186 g/mol. The van der Waals surface area contributed by atoms with Gasteiger partial charge in [-0.1, -0.05) is 43.7 Å². The second-order valence-corrected chi connectivity index (χ2v) is 4.49. The molecule has 0 atom stereocenters. The zero-order chi connectivity index (χ0) is 10.1. The molecule has 0 spiro atoms. The van der Waals surface area contributed by atoms with Crippen molar-refractivity contribution in [3.63, 3.8) is 0 Å². The van der Waals surface area contributed by atoms with Gasteiger partial charge in [0.25, 0.3) is 0 Å². The number of benzene rings is 1. The second kappa shape index (κ2) is 3.61. The first kappa shape index (κ1) is 9.51. The molecule has 1 aliphatic carbocycles. The fraction of sp³-hybridized carbons (Fsp3) is 0.429. The fourth-order valence-electron chi connectivity index (χ4n) is 2.30. The third-order valence-corrected chi connectivity index (χ3v) is 3.06. The van der Waals surface area contributed by atoms with Gasteiger partial charge in [0.1, 0.15) is 0 Å². The minimum absolute atomic E-state index is 0.631. The highest BCUT2D eigenvalue weighted by molar-refractivity contribution is 5.51. The van der Waals surface area contributed by atoms with Gasteiger partial charge in [0.2, 0.25) is 0 Å². The molecule has 1 aromatic carbocycles. The highest BCUT2D eigenvalue weighted by Crippen LogP contribution is 2.12. The lowest BCUT2D eigenvalue weighted by atomic mass is 9.92. The Morgan fingerprint density at radius 1 is 1.21 bits per heavy atom. The van der Waals surface area contributed by atoms with Gasteiger partial charge in [-0.3, -0.25) is 0 Å². The first-order valence-corrected chi connectivity index (χ1v) is 5.49. The Labute approximate surface area is 86.0 Å². The van der Waals surface area contributed by atoms with Gasteiger partial charge in [-0.15, -0.1) is 0 Å². The van der Waals surface area contributed by atoms with E-state index in [1.165, 1.54) is 28.8 Å². The molecular formula is C14H18. The van der Waals surface area contributed by atoms with Crippen LogP contribution >= 0.6 is 0 Å². The van der Waals surface area contributed by atoms with E-state index >= 15 is 0 Å². The van der Waals surface area contributed by atoms with Crippen LogP contribution < -0.4 is 10.4 Å². The Bertz CT molecular complexity index is 449. The Hall–Kier alpha value is -1.04. The largest absolute Gasteiger partial charge is 0.0763 e. The summed E-state index contributed by atoms with van der Waals surface area (Å²) in [5.74, 6) is 0.631. The summed E-state index contributed by atoms with van der Waals surface area (Å²) in [6.07, 6.45) is 4.81. The summed E-state index contributed by atoms with van der Waals surface area (Å²) >= 11 is 0. The van der Waals surface area contributed by atoms with Crippen molar-refractivity contribution in [2.24, 2.45) is 0 Å². The number of hydrogen-bond donors (Lipinski definition) is 0. The molecule has 0 heteroatoms. The van der Waals surface area contributed by atoms with Gasteiger partial charge >= 0.3 is 0 Å². The molecule has 0 bridgehead atoms. The van der Waals surface area contributed by atoms with Gasteiger partial charge < -0.3 is 0 Å². The van der Waals surface area contributed by atoms with Crippen molar-refractivity contribution in [3.8, 4) is 0 Å². The SMILES string of the molecule is CC1=c2c(C(C)C)cccc2=CCC1. The van der Waals surface area contributed by atoms with Crippen LogP contribution in [-0.2, 0) is 0 Å². The van der Waals surface area contributed by atoms with Gasteiger partial charge in [-0.05, 0) is 41.7 Å². The van der Waals surface area contributed by atoms with Crippen molar-refractivity contribution >= 4 is 11.6 Å². The number of rotatable bonds is 1. The molecule has 2 rings (SSSR count). The van der Waals surface area contributed by atoms with Crippen molar-refractivity contribution in [3.05, 3.63) is 34.2 Å². The van der Waals surface area contributed by atoms with Crippen molar-refractivity contribution < 1.29 is 0 Å². The molecule has 0 N–H and O–H groups in total. The maximum Gasteiger partial charge on any atom is -0.0163 e. The summed E-state index contributed by atoms with van der Waals surface area (Å²) in [7, 11) is 0. The molecule has 74 valence electrons. The molecule has 0 amide bonds. The van der Waals surface area contributed by atoms with Crippen molar-refractivity contribution in [1.82, 2.24) is 0 Å². The summed E-state index contributed by atoms with van der Waals surface area (Å²) in [5, 5.41) is 2.97. The summed E-state index contributed by atoms with van der Waals surface area (Å²) in [5.41, 5.74) is 3.07. The van der Waals surface area contributed by atoms with E-state index in [-0.39, 0.29) is 0 Å². The van der Waals surface area contributed by atoms with Crippen LogP contribution in [0.5, 0.6) is 0 Å². The van der Waals surface area contributed by atoms with Crippen LogP contribution in [0.25, 0.3) is 11.6 Å². The molecule has 14 heavy (non-hydrogen) atoms. The van der Waals surface area contributed by atoms with Crippen LogP contribution in [0.2, 0.25) is 0 Å². The minimum atomic E-state index is 0.631. The zero-order valence-electron chi connectivity index (χ0n) is 9.30. The van der Waals surface area contributed by atoms with Gasteiger partial charge in [-0.25, -0.2) is 0 Å². The maximum atomic E-state index is 2.37. The smallest absolute Gasteiger partial charge is 0.0163 e. The first-order valence-electron chi connectivity index (χ1n) is 5.49. The van der Waals surface area contributed by atoms with Gasteiger partial charge in [-0.2, -0.15) is 0 Å². The zero-order valence-corrected chi connectivity index (χ0v) is 9.30. The second-order valence-electron chi connectivity index (χ2n) is 4.49. The average Bonchev–Trinajstić information content (AvgIpc) is 2.17. The molecule has 1 aromatic rings. The van der Waals surface area contributed by atoms with E-state index in [0.29, 0.717) is 5.92 Å². The lowest BCUT2D eigenvalue weighted by Crippen LogP contribution is -2.32. The topological polar surface area (TPSA) is 0 Å². The molecule has 0 nitrogen and oxygen atoms in total. The van der Waals surface area contributed by atoms with Gasteiger partial charge in [0.15, 0.2) is 0 Å². The molecule has 1 aliphatic rings. The Morgan fingerprint density at radius 2 is 2.00 bits per heavy atom. The Balaban J connectivity index is 2.84. The fourth-order valence-corrected chi connectivity index (χ4v) is 2.30. The highest BCUT2D eigenvalue weighted by Gasteiger charge is 2.06. The minimum Gasteiger partial charge on any atom is -0.0763 e. The normalized spacial score (nSPS) is 15.3. The first-order chi connectivity index (χ1) is 6.70. The summed E-state index contributed by atoms with van der Waals surface area (Å²) in [6, 6.07) is 6.69. The van der Waals surface area contributed by atoms with Crippen LogP contribution in [0.4, 0.5) is 0 Å². The molecule has 0 heterocycles. The third-order valence-electron chi connectivity index (χ3n) is 3.06. The lowest BCUT2D eigenvalue weighted by molar-refractivity contribution is 0.850. The predicted octanol–water partition coefficient (Wildman–Crippen LogP) is 2.55. The Morgan fingerprint density at radius 3 is 2.71 bits per heavy atom. The van der Waals surface area contributed by atoms with Crippen molar-refractivity contribution in [2.45, 2.75) is 39.5 Å². The van der Waals surface area contributed by atoms with E-state index in [0.717, 1.165) is 0 Å². The van der Waals surface area contributed by atoms with Crippen LogP contribution in [0.3, 0.4) is 0 Å². The van der Waals surface area contributed by atoms with Crippen molar-refractivity contribution in [2.75, 3.05) is 0 Å². The monoisotopic (exact) mass is 186 g/mol. The molecular weight excluding hydrogens is 168 g/mol. The van der Waals surface area contributed by atoms with Crippen LogP contribution in [0.15, 0.2) is 18.2 Å². The van der Waals surface area contributed by atoms with Crippen LogP contribution in [0.1, 0.15) is 45.1 Å². The molecule has 0 saturated carbocycles. The van der Waals surface area contributed by atoms with Crippen molar-refractivity contribution in [1.29, 1.82) is 0 Å². The number of hydrogen-bond acceptors (Lipinski definition) is 0. The van der Waals surface area contributed by atoms with Crippen LogP contribution in [-0.4, -0.2) is 0 Å². The summed E-state index contributed by atoms with van der Waals surface area (Å²) in [4.78, 5) is 0. The van der Waals surface area contributed by atoms with E-state index in [2.05, 4.69) is 45.0 Å². The number of fused-ring (bicyclic) bond motifs is 1.